The van der Waals surface area contributed by atoms with Crippen molar-refractivity contribution in [2.75, 3.05) is 7.11 Å². The zero-order chi connectivity index (χ0) is 14.3. The summed E-state index contributed by atoms with van der Waals surface area (Å²) in [5.74, 6) is 0. The minimum Gasteiger partial charge on any atom is -0.390 e. The molecule has 1 aliphatic rings. The van der Waals surface area contributed by atoms with Crippen molar-refractivity contribution in [3.05, 3.63) is 58.7 Å². The van der Waals surface area contributed by atoms with Gasteiger partial charge in [-0.1, -0.05) is 36.4 Å². The molecule has 0 fully saturated rings. The van der Waals surface area contributed by atoms with Crippen LogP contribution >= 0.6 is 0 Å². The van der Waals surface area contributed by atoms with Gasteiger partial charge in [-0.05, 0) is 47.2 Å². The van der Waals surface area contributed by atoms with Gasteiger partial charge in [0, 0.05) is 13.5 Å². The first kappa shape index (κ1) is 13.3. The van der Waals surface area contributed by atoms with Gasteiger partial charge in [-0.2, -0.15) is 0 Å². The molecule has 1 aliphatic carbocycles. The van der Waals surface area contributed by atoms with Crippen molar-refractivity contribution in [2.45, 2.75) is 32.5 Å². The molecule has 2 unspecified atom stereocenters. The topological polar surface area (TPSA) is 29.5 Å². The number of hydrogen-bond donors (Lipinski definition) is 1. The summed E-state index contributed by atoms with van der Waals surface area (Å²) in [5.41, 5.74) is 7.26. The van der Waals surface area contributed by atoms with Crippen LogP contribution in [0, 0.1) is 13.8 Å². The highest BCUT2D eigenvalue weighted by atomic mass is 16.5. The van der Waals surface area contributed by atoms with E-state index in [1.807, 2.05) is 6.07 Å². The number of hydrogen-bond acceptors (Lipinski definition) is 2. The van der Waals surface area contributed by atoms with Gasteiger partial charge in [0.2, 0.25) is 0 Å². The average Bonchev–Trinajstić information content (AvgIpc) is 2.53. The highest BCUT2D eigenvalue weighted by Gasteiger charge is 2.30. The van der Waals surface area contributed by atoms with Gasteiger partial charge in [-0.15, -0.1) is 0 Å². The Balaban J connectivity index is 2.37. The molecule has 2 aromatic rings. The van der Waals surface area contributed by atoms with E-state index in [-0.39, 0.29) is 6.10 Å². The molecule has 1 N–H and O–H groups in total. The normalized spacial score (nSPS) is 21.0. The molecule has 0 saturated heterocycles. The average molecular weight is 268 g/mol. The van der Waals surface area contributed by atoms with E-state index in [4.69, 9.17) is 4.74 Å². The largest absolute Gasteiger partial charge is 0.390 e. The number of rotatable bonds is 1. The van der Waals surface area contributed by atoms with E-state index >= 15 is 0 Å². The first-order chi connectivity index (χ1) is 9.63. The standard InChI is InChI=1S/C18H20O2/c1-11-6-4-8-13-10-15(19)18(20-3)14-9-5-7-12(2)17(14)16(11)13/h4-9,15,18-19H,10H2,1-3H3. The molecule has 2 atom stereocenters. The molecule has 0 radical (unpaired) electrons. The molecule has 0 amide bonds. The quantitative estimate of drug-likeness (QED) is 0.856. The SMILES string of the molecule is COC1c2cccc(C)c2-c2c(C)cccc2CC1O. The van der Waals surface area contributed by atoms with Gasteiger partial charge in [0.15, 0.2) is 0 Å². The zero-order valence-electron chi connectivity index (χ0n) is 12.2. The van der Waals surface area contributed by atoms with Gasteiger partial charge in [-0.25, -0.2) is 0 Å². The number of aryl methyl sites for hydroxylation is 2. The van der Waals surface area contributed by atoms with Crippen LogP contribution in [0.1, 0.15) is 28.4 Å². The Bertz CT molecular complexity index is 646. The van der Waals surface area contributed by atoms with Crippen molar-refractivity contribution in [1.82, 2.24) is 0 Å². The summed E-state index contributed by atoms with van der Waals surface area (Å²) in [7, 11) is 1.67. The van der Waals surface area contributed by atoms with Crippen LogP contribution in [0.25, 0.3) is 11.1 Å². The molecule has 0 aromatic heterocycles. The van der Waals surface area contributed by atoms with Crippen LogP contribution in [0.4, 0.5) is 0 Å². The van der Waals surface area contributed by atoms with Crippen LogP contribution in [-0.2, 0) is 11.2 Å². The molecule has 2 heteroatoms. The molecule has 2 nitrogen and oxygen atoms in total. The Labute approximate surface area is 120 Å². The van der Waals surface area contributed by atoms with E-state index in [0.717, 1.165) is 5.56 Å². The third kappa shape index (κ3) is 1.96. The molecular formula is C18H20O2. The molecule has 0 heterocycles. The lowest BCUT2D eigenvalue weighted by atomic mass is 9.89. The number of benzene rings is 2. The molecule has 0 aliphatic heterocycles. The van der Waals surface area contributed by atoms with E-state index < -0.39 is 6.10 Å². The maximum absolute atomic E-state index is 10.5. The predicted octanol–water partition coefficient (Wildman–Crippen LogP) is 3.57. The van der Waals surface area contributed by atoms with Crippen molar-refractivity contribution in [1.29, 1.82) is 0 Å². The lowest BCUT2D eigenvalue weighted by molar-refractivity contribution is -0.0116. The van der Waals surface area contributed by atoms with Gasteiger partial charge in [0.1, 0.15) is 6.10 Å². The Hall–Kier alpha value is -1.64. The van der Waals surface area contributed by atoms with Crippen LogP contribution < -0.4 is 0 Å². The number of methoxy groups -OCH3 is 1. The van der Waals surface area contributed by atoms with Crippen LogP contribution in [0.2, 0.25) is 0 Å². The second-order valence-electron chi connectivity index (χ2n) is 5.58. The van der Waals surface area contributed by atoms with E-state index in [1.165, 1.54) is 27.8 Å². The lowest BCUT2D eigenvalue weighted by Gasteiger charge is -2.21. The van der Waals surface area contributed by atoms with Crippen molar-refractivity contribution in [3.8, 4) is 11.1 Å². The van der Waals surface area contributed by atoms with Crippen molar-refractivity contribution < 1.29 is 9.84 Å². The molecule has 0 spiro atoms. The molecule has 2 aromatic carbocycles. The molecule has 20 heavy (non-hydrogen) atoms. The monoisotopic (exact) mass is 268 g/mol. The van der Waals surface area contributed by atoms with Gasteiger partial charge < -0.3 is 9.84 Å². The minimum atomic E-state index is -0.511. The van der Waals surface area contributed by atoms with Crippen molar-refractivity contribution in [3.63, 3.8) is 0 Å². The van der Waals surface area contributed by atoms with Gasteiger partial charge in [0.05, 0.1) is 6.10 Å². The second kappa shape index (κ2) is 5.04. The van der Waals surface area contributed by atoms with Crippen LogP contribution in [0.15, 0.2) is 36.4 Å². The van der Waals surface area contributed by atoms with Crippen LogP contribution in [0.3, 0.4) is 0 Å². The fraction of sp³-hybridized carbons (Fsp3) is 0.333. The summed E-state index contributed by atoms with van der Waals surface area (Å²) in [5, 5.41) is 10.5. The smallest absolute Gasteiger partial charge is 0.109 e. The molecular weight excluding hydrogens is 248 g/mol. The third-order valence-corrected chi connectivity index (χ3v) is 4.25. The van der Waals surface area contributed by atoms with E-state index in [0.29, 0.717) is 6.42 Å². The third-order valence-electron chi connectivity index (χ3n) is 4.25. The maximum atomic E-state index is 10.5. The highest BCUT2D eigenvalue weighted by molar-refractivity contribution is 5.78. The van der Waals surface area contributed by atoms with E-state index in [2.05, 4.69) is 44.2 Å². The molecule has 3 rings (SSSR count). The fourth-order valence-corrected chi connectivity index (χ4v) is 3.35. The first-order valence-electron chi connectivity index (χ1n) is 7.02. The lowest BCUT2D eigenvalue weighted by Crippen LogP contribution is -2.21. The van der Waals surface area contributed by atoms with Crippen molar-refractivity contribution >= 4 is 0 Å². The maximum Gasteiger partial charge on any atom is 0.109 e. The summed E-state index contributed by atoms with van der Waals surface area (Å²) in [6.45, 7) is 4.26. The van der Waals surface area contributed by atoms with Crippen LogP contribution in [0.5, 0.6) is 0 Å². The second-order valence-corrected chi connectivity index (χ2v) is 5.58. The predicted molar refractivity (Wildman–Crippen MR) is 80.8 cm³/mol. The molecule has 0 bridgehead atoms. The van der Waals surface area contributed by atoms with E-state index in [1.54, 1.807) is 7.11 Å². The summed E-state index contributed by atoms with van der Waals surface area (Å²) in [4.78, 5) is 0. The van der Waals surface area contributed by atoms with Crippen molar-refractivity contribution in [2.24, 2.45) is 0 Å². The Morgan fingerprint density at radius 3 is 2.35 bits per heavy atom. The Morgan fingerprint density at radius 1 is 1.00 bits per heavy atom. The Morgan fingerprint density at radius 2 is 1.65 bits per heavy atom. The van der Waals surface area contributed by atoms with Gasteiger partial charge >= 0.3 is 0 Å². The number of ether oxygens (including phenoxy) is 1. The fourth-order valence-electron chi connectivity index (χ4n) is 3.35. The summed E-state index contributed by atoms with van der Waals surface area (Å²) in [6, 6.07) is 12.5. The number of aliphatic hydroxyl groups is 1. The van der Waals surface area contributed by atoms with E-state index in [9.17, 15) is 5.11 Å². The molecule has 0 saturated carbocycles. The van der Waals surface area contributed by atoms with Crippen LogP contribution in [-0.4, -0.2) is 18.3 Å². The first-order valence-corrected chi connectivity index (χ1v) is 7.02. The highest BCUT2D eigenvalue weighted by Crippen LogP contribution is 2.41. The summed E-state index contributed by atoms with van der Waals surface area (Å²) < 4.78 is 5.59. The number of aliphatic hydroxyl groups excluding tert-OH is 1. The van der Waals surface area contributed by atoms with Gasteiger partial charge in [0.25, 0.3) is 0 Å². The number of fused-ring (bicyclic) bond motifs is 3. The zero-order valence-corrected chi connectivity index (χ0v) is 12.2. The van der Waals surface area contributed by atoms with Gasteiger partial charge in [-0.3, -0.25) is 0 Å². The molecule has 104 valence electrons. The summed E-state index contributed by atoms with van der Waals surface area (Å²) in [6.07, 6.45) is -0.149. The Kier molecular flexibility index (Phi) is 3.36. The minimum absolute atomic E-state index is 0.267. The summed E-state index contributed by atoms with van der Waals surface area (Å²) >= 11 is 0.